The van der Waals surface area contributed by atoms with Crippen LogP contribution in [0.15, 0.2) is 78.2 Å². The third-order valence-electron chi connectivity index (χ3n) is 6.13. The number of carbonyl (C=O) groups is 2. The lowest BCUT2D eigenvalue weighted by molar-refractivity contribution is -0.137. The second-order valence-electron chi connectivity index (χ2n) is 9.36. The van der Waals surface area contributed by atoms with E-state index >= 15 is 0 Å². The van der Waals surface area contributed by atoms with Crippen molar-refractivity contribution in [3.63, 3.8) is 0 Å². The molecule has 0 aliphatic rings. The minimum absolute atomic E-state index is 0.123. The number of hydrogen-bond acceptors (Lipinski definition) is 9. The highest BCUT2D eigenvalue weighted by molar-refractivity contribution is 5.94. The summed E-state index contributed by atoms with van der Waals surface area (Å²) in [6.45, 7) is 6.12. The molecule has 244 valence electrons. The van der Waals surface area contributed by atoms with E-state index in [1.54, 1.807) is 54.6 Å². The molecule has 0 spiro atoms. The van der Waals surface area contributed by atoms with Crippen molar-refractivity contribution >= 4 is 23.5 Å². The first-order valence-corrected chi connectivity index (χ1v) is 13.6. The molecule has 11 nitrogen and oxygen atoms in total. The van der Waals surface area contributed by atoms with E-state index in [1.807, 2.05) is 19.1 Å². The molecule has 0 fully saturated rings. The highest BCUT2D eigenvalue weighted by Gasteiger charge is 2.21. The van der Waals surface area contributed by atoms with Crippen molar-refractivity contribution < 1.29 is 53.3 Å². The molecule has 0 heterocycles. The molecule has 0 unspecified atom stereocenters. The van der Waals surface area contributed by atoms with E-state index in [2.05, 4.69) is 13.8 Å². The van der Waals surface area contributed by atoms with Crippen LogP contribution in [-0.4, -0.2) is 69.9 Å². The summed E-state index contributed by atoms with van der Waals surface area (Å²) >= 11 is 0. The number of phenolic OH excluding ortho intramolecular Hbond substituents is 1. The predicted molar refractivity (Wildman–Crippen MR) is 170 cm³/mol. The number of para-hydroxylation sites is 2. The van der Waals surface area contributed by atoms with E-state index in [9.17, 15) is 14.7 Å². The van der Waals surface area contributed by atoms with Gasteiger partial charge >= 0.3 is 11.9 Å². The normalized spacial score (nSPS) is 11.2. The molecule has 0 bridgehead atoms. The van der Waals surface area contributed by atoms with E-state index in [0.717, 1.165) is 11.1 Å². The minimum Gasteiger partial charge on any atom is -0.508 e. The van der Waals surface area contributed by atoms with Gasteiger partial charge in [0.1, 0.15) is 17.2 Å². The van der Waals surface area contributed by atoms with Crippen molar-refractivity contribution in [2.75, 3.05) is 42.7 Å². The van der Waals surface area contributed by atoms with Gasteiger partial charge in [0.2, 0.25) is 11.5 Å². The van der Waals surface area contributed by atoms with Crippen molar-refractivity contribution in [3.8, 4) is 17.2 Å². The Bertz CT molecular complexity index is 1390. The zero-order chi connectivity index (χ0) is 34.1. The summed E-state index contributed by atoms with van der Waals surface area (Å²) in [6.07, 6.45) is 0. The standard InChI is InChI=1S/2C12H14O5.C10H14O/c2*1-15-9-7-5-4-6-8(9)10(16-2)11(17-3)12(13)14;1-7(2)9-5-4-8(3)6-10(9)11/h2*4-7H,1-3H3,(H,13,14);4-7,11H,1-3H3. The van der Waals surface area contributed by atoms with Crippen LogP contribution >= 0.6 is 0 Å². The van der Waals surface area contributed by atoms with Gasteiger partial charge in [0.25, 0.3) is 0 Å². The summed E-state index contributed by atoms with van der Waals surface area (Å²) < 4.78 is 30.1. The molecule has 0 saturated carbocycles. The fraction of sp³-hybridized carbons (Fsp3) is 0.294. The van der Waals surface area contributed by atoms with Crippen LogP contribution in [0.2, 0.25) is 0 Å². The Hall–Kier alpha value is -5.32. The van der Waals surface area contributed by atoms with Gasteiger partial charge in [-0.1, -0.05) is 50.2 Å². The van der Waals surface area contributed by atoms with Gasteiger partial charge in [-0.2, -0.15) is 0 Å². The van der Waals surface area contributed by atoms with E-state index in [-0.39, 0.29) is 23.0 Å². The maximum atomic E-state index is 11.0. The Morgan fingerprint density at radius 1 is 0.622 bits per heavy atom. The minimum atomic E-state index is -1.20. The number of methoxy groups -OCH3 is 6. The first-order valence-electron chi connectivity index (χ1n) is 13.6. The van der Waals surface area contributed by atoms with Crippen LogP contribution < -0.4 is 9.47 Å². The highest BCUT2D eigenvalue weighted by atomic mass is 16.5. The van der Waals surface area contributed by atoms with Crippen LogP contribution in [0, 0.1) is 6.92 Å². The Morgan fingerprint density at radius 2 is 1.02 bits per heavy atom. The highest BCUT2D eigenvalue weighted by Crippen LogP contribution is 2.30. The summed E-state index contributed by atoms with van der Waals surface area (Å²) in [5.41, 5.74) is 3.18. The first-order chi connectivity index (χ1) is 21.4. The van der Waals surface area contributed by atoms with Crippen molar-refractivity contribution in [1.82, 2.24) is 0 Å². The number of aromatic hydroxyl groups is 1. The van der Waals surface area contributed by atoms with Gasteiger partial charge < -0.3 is 43.7 Å². The molecule has 11 heteroatoms. The van der Waals surface area contributed by atoms with Crippen molar-refractivity contribution in [1.29, 1.82) is 0 Å². The molecule has 0 radical (unpaired) electrons. The van der Waals surface area contributed by atoms with Crippen molar-refractivity contribution in [3.05, 3.63) is 101 Å². The Labute approximate surface area is 263 Å². The monoisotopic (exact) mass is 626 g/mol. The van der Waals surface area contributed by atoms with E-state index in [0.29, 0.717) is 34.3 Å². The lowest BCUT2D eigenvalue weighted by Crippen LogP contribution is -2.08. The fourth-order valence-corrected chi connectivity index (χ4v) is 4.01. The fourth-order valence-electron chi connectivity index (χ4n) is 4.01. The summed E-state index contributed by atoms with van der Waals surface area (Å²) in [6, 6.07) is 19.7. The number of benzene rings is 3. The third-order valence-corrected chi connectivity index (χ3v) is 6.13. The van der Waals surface area contributed by atoms with Gasteiger partial charge in [-0.25, -0.2) is 9.59 Å². The number of aryl methyl sites for hydroxylation is 1. The molecular weight excluding hydrogens is 584 g/mol. The molecule has 0 aliphatic heterocycles. The zero-order valence-electron chi connectivity index (χ0n) is 27.0. The zero-order valence-corrected chi connectivity index (χ0v) is 27.0. The topological polar surface area (TPSA) is 150 Å². The second-order valence-corrected chi connectivity index (χ2v) is 9.36. The number of ether oxygens (including phenoxy) is 6. The molecule has 0 atom stereocenters. The molecule has 0 aromatic heterocycles. The Morgan fingerprint density at radius 3 is 1.31 bits per heavy atom. The summed E-state index contributed by atoms with van der Waals surface area (Å²) in [4.78, 5) is 22.0. The molecule has 0 amide bonds. The smallest absolute Gasteiger partial charge is 0.375 e. The predicted octanol–water partition coefficient (Wildman–Crippen LogP) is 6.31. The van der Waals surface area contributed by atoms with Crippen molar-refractivity contribution in [2.24, 2.45) is 0 Å². The molecule has 0 saturated heterocycles. The van der Waals surface area contributed by atoms with E-state index in [4.69, 9.17) is 38.6 Å². The van der Waals surface area contributed by atoms with Crippen LogP contribution in [0.4, 0.5) is 0 Å². The molecular formula is C34H42O11. The van der Waals surface area contributed by atoms with E-state index in [1.165, 1.54) is 42.7 Å². The lowest BCUT2D eigenvalue weighted by atomic mass is 10.0. The second kappa shape index (κ2) is 19.1. The maximum Gasteiger partial charge on any atom is 0.375 e. The van der Waals surface area contributed by atoms with Gasteiger partial charge in [-0.05, 0) is 54.3 Å². The summed E-state index contributed by atoms with van der Waals surface area (Å²) in [5.74, 6) is -0.842. The lowest BCUT2D eigenvalue weighted by Gasteiger charge is -2.13. The quantitative estimate of drug-likeness (QED) is 0.162. The first kappa shape index (κ1) is 37.7. The largest absolute Gasteiger partial charge is 0.508 e. The Balaban J connectivity index is 0.000000346. The number of phenols is 1. The van der Waals surface area contributed by atoms with Gasteiger partial charge in [-0.3, -0.25) is 0 Å². The van der Waals surface area contributed by atoms with Gasteiger partial charge in [0.05, 0.1) is 53.8 Å². The van der Waals surface area contributed by atoms with Crippen LogP contribution in [-0.2, 0) is 28.5 Å². The average molecular weight is 627 g/mol. The van der Waals surface area contributed by atoms with Crippen LogP contribution in [0.3, 0.4) is 0 Å². The molecule has 45 heavy (non-hydrogen) atoms. The van der Waals surface area contributed by atoms with Crippen LogP contribution in [0.5, 0.6) is 17.2 Å². The maximum absolute atomic E-state index is 11.0. The van der Waals surface area contributed by atoms with Gasteiger partial charge in [0, 0.05) is 0 Å². The number of hydrogen-bond donors (Lipinski definition) is 3. The van der Waals surface area contributed by atoms with Crippen LogP contribution in [0.25, 0.3) is 11.5 Å². The van der Waals surface area contributed by atoms with Crippen molar-refractivity contribution in [2.45, 2.75) is 26.7 Å². The van der Waals surface area contributed by atoms with Gasteiger partial charge in [0.15, 0.2) is 11.5 Å². The molecule has 3 aromatic carbocycles. The number of carboxylic acids is 2. The van der Waals surface area contributed by atoms with Gasteiger partial charge in [-0.15, -0.1) is 0 Å². The molecule has 3 N–H and O–H groups in total. The third kappa shape index (κ3) is 10.7. The number of rotatable bonds is 11. The molecule has 0 aliphatic carbocycles. The average Bonchev–Trinajstić information content (AvgIpc) is 3.02. The SMILES string of the molecule is COC(C(=O)O)=C(OC)c1ccccc1OC.COC(C(=O)O)=C(OC)c1ccccc1OC.Cc1ccc(C(C)C)c(O)c1. The number of aliphatic carboxylic acids is 2. The summed E-state index contributed by atoms with van der Waals surface area (Å²) in [7, 11) is 8.31. The number of carboxylic acid groups (broad SMARTS) is 2. The van der Waals surface area contributed by atoms with E-state index < -0.39 is 11.9 Å². The Kier molecular flexibility index (Phi) is 16.0. The molecule has 3 rings (SSSR count). The van der Waals surface area contributed by atoms with Crippen LogP contribution in [0.1, 0.15) is 42.0 Å². The summed E-state index contributed by atoms with van der Waals surface area (Å²) in [5, 5.41) is 27.5. The molecule has 3 aromatic rings.